The van der Waals surface area contributed by atoms with Crippen LogP contribution in [-0.4, -0.2) is 63.0 Å². The molecule has 1 N–H and O–H groups in total. The van der Waals surface area contributed by atoms with Gasteiger partial charge in [-0.2, -0.15) is 0 Å². The third-order valence-electron chi connectivity index (χ3n) is 5.83. The van der Waals surface area contributed by atoms with Crippen molar-refractivity contribution in [1.82, 2.24) is 10.2 Å². The van der Waals surface area contributed by atoms with Crippen molar-refractivity contribution in [1.29, 1.82) is 0 Å². The highest BCUT2D eigenvalue weighted by atomic mass is 16.5. The van der Waals surface area contributed by atoms with Crippen LogP contribution in [0.1, 0.15) is 44.9 Å². The molecule has 2 saturated heterocycles. The maximum Gasteiger partial charge on any atom is 0.0857 e. The van der Waals surface area contributed by atoms with E-state index in [1.165, 1.54) is 44.9 Å². The highest BCUT2D eigenvalue weighted by Crippen LogP contribution is 2.42. The van der Waals surface area contributed by atoms with Crippen LogP contribution in [0.2, 0.25) is 0 Å². The summed E-state index contributed by atoms with van der Waals surface area (Å²) in [6, 6.07) is 0.468. The lowest BCUT2D eigenvalue weighted by atomic mass is 9.73. The van der Waals surface area contributed by atoms with Gasteiger partial charge in [0.1, 0.15) is 0 Å². The van der Waals surface area contributed by atoms with Gasteiger partial charge in [-0.3, -0.25) is 0 Å². The number of hydrogen-bond donors (Lipinski definition) is 1. The molecule has 2 heterocycles. The Labute approximate surface area is 129 Å². The smallest absolute Gasteiger partial charge is 0.0857 e. The van der Waals surface area contributed by atoms with E-state index in [2.05, 4.69) is 24.3 Å². The summed E-state index contributed by atoms with van der Waals surface area (Å²) in [5.74, 6) is 0.693. The lowest BCUT2D eigenvalue weighted by Crippen LogP contribution is -2.56. The number of rotatable bonds is 3. The third-order valence-corrected chi connectivity index (χ3v) is 5.83. The van der Waals surface area contributed by atoms with Gasteiger partial charge in [0.15, 0.2) is 0 Å². The van der Waals surface area contributed by atoms with Crippen LogP contribution in [0.5, 0.6) is 0 Å². The molecule has 21 heavy (non-hydrogen) atoms. The van der Waals surface area contributed by atoms with E-state index >= 15 is 0 Å². The molecule has 0 bridgehead atoms. The Balaban J connectivity index is 1.65. The molecule has 0 aromatic rings. The molecule has 0 aromatic heterocycles. The van der Waals surface area contributed by atoms with E-state index in [1.807, 2.05) is 0 Å². The summed E-state index contributed by atoms with van der Waals surface area (Å²) in [7, 11) is 4.31. The quantitative estimate of drug-likeness (QED) is 0.864. The van der Waals surface area contributed by atoms with Crippen molar-refractivity contribution >= 4 is 0 Å². The van der Waals surface area contributed by atoms with Gasteiger partial charge in [0.05, 0.1) is 18.3 Å². The Kier molecular flexibility index (Phi) is 5.20. The first kappa shape index (κ1) is 15.7. The highest BCUT2D eigenvalue weighted by molar-refractivity contribution is 4.96. The summed E-state index contributed by atoms with van der Waals surface area (Å²) in [5, 5.41) is 3.58. The minimum Gasteiger partial charge on any atom is -0.375 e. The fraction of sp³-hybridized carbons (Fsp3) is 1.00. The Bertz CT molecular complexity index is 325. The van der Waals surface area contributed by atoms with Gasteiger partial charge in [0.2, 0.25) is 0 Å². The molecular formula is C17H32N2O2. The summed E-state index contributed by atoms with van der Waals surface area (Å²) in [6.07, 6.45) is 9.36. The number of nitrogens with one attached hydrogen (secondary N) is 1. The van der Waals surface area contributed by atoms with Crippen LogP contribution in [-0.2, 0) is 9.47 Å². The van der Waals surface area contributed by atoms with Gasteiger partial charge in [0, 0.05) is 25.7 Å². The zero-order valence-electron chi connectivity index (χ0n) is 13.8. The minimum atomic E-state index is 0.191. The van der Waals surface area contributed by atoms with E-state index in [1.54, 1.807) is 0 Å². The van der Waals surface area contributed by atoms with Crippen molar-refractivity contribution in [2.24, 2.45) is 5.92 Å². The monoisotopic (exact) mass is 296 g/mol. The molecule has 3 unspecified atom stereocenters. The predicted molar refractivity (Wildman–Crippen MR) is 84.6 cm³/mol. The molecule has 0 aromatic carbocycles. The zero-order valence-corrected chi connectivity index (χ0v) is 13.8. The first-order valence-corrected chi connectivity index (χ1v) is 8.84. The van der Waals surface area contributed by atoms with Crippen molar-refractivity contribution in [3.8, 4) is 0 Å². The predicted octanol–water partition coefficient (Wildman–Crippen LogP) is 2.03. The molecule has 3 atom stereocenters. The number of ether oxygens (including phenoxy) is 2. The molecular weight excluding hydrogens is 264 g/mol. The number of likely N-dealkylation sites (N-methyl/N-ethyl adjacent to an activating group) is 2. The van der Waals surface area contributed by atoms with Gasteiger partial charge in [-0.25, -0.2) is 0 Å². The van der Waals surface area contributed by atoms with Crippen LogP contribution in [0.15, 0.2) is 0 Å². The van der Waals surface area contributed by atoms with E-state index in [-0.39, 0.29) is 5.60 Å². The first-order valence-electron chi connectivity index (χ1n) is 8.84. The Hall–Kier alpha value is -0.160. The Morgan fingerprint density at radius 3 is 2.71 bits per heavy atom. The van der Waals surface area contributed by atoms with Gasteiger partial charge in [0.25, 0.3) is 0 Å². The summed E-state index contributed by atoms with van der Waals surface area (Å²) >= 11 is 0. The third kappa shape index (κ3) is 3.61. The molecule has 4 nitrogen and oxygen atoms in total. The van der Waals surface area contributed by atoms with Gasteiger partial charge >= 0.3 is 0 Å². The van der Waals surface area contributed by atoms with Crippen molar-refractivity contribution in [2.75, 3.05) is 40.4 Å². The summed E-state index contributed by atoms with van der Waals surface area (Å²) in [4.78, 5) is 2.40. The summed E-state index contributed by atoms with van der Waals surface area (Å²) < 4.78 is 12.3. The van der Waals surface area contributed by atoms with Crippen molar-refractivity contribution in [3.63, 3.8) is 0 Å². The van der Waals surface area contributed by atoms with Crippen LogP contribution in [0.3, 0.4) is 0 Å². The molecule has 1 spiro atoms. The van der Waals surface area contributed by atoms with Crippen LogP contribution >= 0.6 is 0 Å². The topological polar surface area (TPSA) is 33.7 Å². The second-order valence-electron chi connectivity index (χ2n) is 7.33. The first-order chi connectivity index (χ1) is 10.2. The van der Waals surface area contributed by atoms with E-state index in [4.69, 9.17) is 9.47 Å². The second kappa shape index (κ2) is 6.95. The van der Waals surface area contributed by atoms with Crippen LogP contribution in [0, 0.1) is 5.92 Å². The number of hydrogen-bond acceptors (Lipinski definition) is 4. The summed E-state index contributed by atoms with van der Waals surface area (Å²) in [5.41, 5.74) is 0.191. The van der Waals surface area contributed by atoms with Gasteiger partial charge in [-0.05, 0) is 45.7 Å². The van der Waals surface area contributed by atoms with Crippen LogP contribution in [0.4, 0.5) is 0 Å². The van der Waals surface area contributed by atoms with Crippen molar-refractivity contribution < 1.29 is 9.47 Å². The van der Waals surface area contributed by atoms with E-state index in [0.717, 1.165) is 26.3 Å². The lowest BCUT2D eigenvalue weighted by molar-refractivity contribution is -0.134. The van der Waals surface area contributed by atoms with Gasteiger partial charge in [-0.1, -0.05) is 19.3 Å². The second-order valence-corrected chi connectivity index (χ2v) is 7.33. The maximum absolute atomic E-state index is 6.26. The molecule has 0 radical (unpaired) electrons. The molecule has 1 saturated carbocycles. The average Bonchev–Trinajstić information content (AvgIpc) is 2.49. The van der Waals surface area contributed by atoms with E-state index in [9.17, 15) is 0 Å². The Morgan fingerprint density at radius 2 is 2.00 bits per heavy atom. The molecule has 2 aliphatic heterocycles. The fourth-order valence-electron chi connectivity index (χ4n) is 4.67. The molecule has 3 fully saturated rings. The van der Waals surface area contributed by atoms with Crippen LogP contribution < -0.4 is 5.32 Å². The zero-order chi connectivity index (χ0) is 14.7. The Morgan fingerprint density at radius 1 is 1.19 bits per heavy atom. The normalized spacial score (nSPS) is 35.7. The number of morpholine rings is 1. The maximum atomic E-state index is 6.26. The fourth-order valence-corrected chi connectivity index (χ4v) is 4.67. The van der Waals surface area contributed by atoms with Gasteiger partial charge in [-0.15, -0.1) is 0 Å². The number of nitrogens with zero attached hydrogens (tertiary/aromatic N) is 1. The molecule has 3 rings (SSSR count). The standard InChI is InChI=1S/C17H32N2O2/c1-18-16(15-13-19(2)9-11-20-15)14-6-10-21-17(12-14)7-4-3-5-8-17/h14-16,18H,3-13H2,1-2H3. The van der Waals surface area contributed by atoms with E-state index in [0.29, 0.717) is 18.1 Å². The minimum absolute atomic E-state index is 0.191. The molecule has 4 heteroatoms. The lowest BCUT2D eigenvalue weighted by Gasteiger charge is -2.47. The van der Waals surface area contributed by atoms with Crippen molar-refractivity contribution in [2.45, 2.75) is 62.7 Å². The van der Waals surface area contributed by atoms with Crippen LogP contribution in [0.25, 0.3) is 0 Å². The van der Waals surface area contributed by atoms with E-state index < -0.39 is 0 Å². The SMILES string of the molecule is CNC(C1CCOC2(CCCCC2)C1)C1CN(C)CCO1. The molecule has 122 valence electrons. The molecule has 0 amide bonds. The molecule has 1 aliphatic carbocycles. The largest absolute Gasteiger partial charge is 0.375 e. The molecule has 3 aliphatic rings. The average molecular weight is 296 g/mol. The summed E-state index contributed by atoms with van der Waals surface area (Å²) in [6.45, 7) is 3.92. The van der Waals surface area contributed by atoms with Gasteiger partial charge < -0.3 is 19.7 Å². The van der Waals surface area contributed by atoms with Crippen molar-refractivity contribution in [3.05, 3.63) is 0 Å². The highest BCUT2D eigenvalue weighted by Gasteiger charge is 2.42.